The van der Waals surface area contributed by atoms with Gasteiger partial charge in [0.15, 0.2) is 0 Å². The Hall–Kier alpha value is -2.95. The number of nitrogens with two attached hydrogens (primary N) is 1. The van der Waals surface area contributed by atoms with Gasteiger partial charge in [-0.05, 0) is 49.4 Å². The average molecular weight is 474 g/mol. The van der Waals surface area contributed by atoms with Crippen LogP contribution in [0.25, 0.3) is 15.6 Å². The van der Waals surface area contributed by atoms with Crippen molar-refractivity contribution >= 4 is 26.2 Å². The van der Waals surface area contributed by atoms with Crippen molar-refractivity contribution in [2.45, 2.75) is 26.2 Å². The highest BCUT2D eigenvalue weighted by Gasteiger charge is 2.20. The smallest absolute Gasteiger partial charge is 0.259 e. The number of thiazole rings is 1. The highest BCUT2D eigenvalue weighted by Crippen LogP contribution is 2.33. The van der Waals surface area contributed by atoms with Crippen LogP contribution in [-0.4, -0.2) is 30.7 Å². The number of aromatic nitrogens is 2. The first-order chi connectivity index (χ1) is 15.3. The van der Waals surface area contributed by atoms with Gasteiger partial charge in [0, 0.05) is 11.3 Å². The summed E-state index contributed by atoms with van der Waals surface area (Å²) in [5.41, 5.74) is 2.84. The number of fused-ring (bicyclic) bond motifs is 1. The topological polar surface area (TPSA) is 117 Å². The highest BCUT2D eigenvalue weighted by atomic mass is 32.2. The van der Waals surface area contributed by atoms with E-state index in [1.54, 1.807) is 23.8 Å². The standard InChI is InChI=1S/C22H23N3O5S2/c1-14-19(20-24-10-11-30-20)31-22-17(8-7-15-5-3-4-6-18(15)29-2)13-16(21(26)25(14)22)9-12-32(23,27)28/h3-6,10-11,13H,7-9,12H2,1-2H3,(H2,23,27,28). The molecule has 0 radical (unpaired) electrons. The van der Waals surface area contributed by atoms with E-state index in [9.17, 15) is 13.2 Å². The molecule has 0 atom stereocenters. The van der Waals surface area contributed by atoms with Gasteiger partial charge in [-0.1, -0.05) is 18.2 Å². The van der Waals surface area contributed by atoms with E-state index in [2.05, 4.69) is 4.98 Å². The molecule has 0 aliphatic rings. The number of sulfonamides is 1. The minimum Gasteiger partial charge on any atom is -0.496 e. The summed E-state index contributed by atoms with van der Waals surface area (Å²) in [6.07, 6.45) is 4.42. The average Bonchev–Trinajstić information content (AvgIpc) is 3.40. The molecule has 0 saturated carbocycles. The molecule has 3 aromatic heterocycles. The third-order valence-corrected chi connectivity index (χ3v) is 7.39. The third kappa shape index (κ3) is 4.47. The molecule has 0 amide bonds. The van der Waals surface area contributed by atoms with Gasteiger partial charge in [-0.2, -0.15) is 0 Å². The van der Waals surface area contributed by atoms with Crippen molar-refractivity contribution in [3.63, 3.8) is 0 Å². The normalized spacial score (nSPS) is 11.8. The number of oxazole rings is 1. The Morgan fingerprint density at radius 1 is 1.16 bits per heavy atom. The maximum Gasteiger partial charge on any atom is 0.259 e. The zero-order chi connectivity index (χ0) is 22.9. The SMILES string of the molecule is COc1ccccc1CCc1cc(CCS(N)(=O)=O)c(=O)n2c(C)c(-c3ncco3)sc12. The molecule has 0 bridgehead atoms. The maximum atomic E-state index is 13.2. The highest BCUT2D eigenvalue weighted by molar-refractivity contribution is 7.89. The molecule has 0 fully saturated rings. The zero-order valence-electron chi connectivity index (χ0n) is 17.7. The van der Waals surface area contributed by atoms with Crippen molar-refractivity contribution in [3.05, 3.63) is 75.5 Å². The molecule has 2 N–H and O–H groups in total. The molecule has 0 aliphatic heterocycles. The molecule has 32 heavy (non-hydrogen) atoms. The van der Waals surface area contributed by atoms with E-state index in [0.717, 1.165) is 26.6 Å². The van der Waals surface area contributed by atoms with E-state index >= 15 is 0 Å². The van der Waals surface area contributed by atoms with Crippen LogP contribution in [0.2, 0.25) is 0 Å². The van der Waals surface area contributed by atoms with E-state index in [1.807, 2.05) is 31.2 Å². The third-order valence-electron chi connectivity index (χ3n) is 5.31. The largest absolute Gasteiger partial charge is 0.496 e. The summed E-state index contributed by atoms with van der Waals surface area (Å²) in [5, 5.41) is 5.18. The number of ether oxygens (including phenoxy) is 1. The van der Waals surface area contributed by atoms with E-state index in [4.69, 9.17) is 14.3 Å². The molecule has 3 heterocycles. The van der Waals surface area contributed by atoms with Gasteiger partial charge in [0.05, 0.1) is 19.1 Å². The van der Waals surface area contributed by atoms with Crippen LogP contribution in [0.1, 0.15) is 22.4 Å². The number of primary sulfonamides is 1. The second kappa shape index (κ2) is 8.89. The summed E-state index contributed by atoms with van der Waals surface area (Å²) >= 11 is 1.43. The summed E-state index contributed by atoms with van der Waals surface area (Å²) in [4.78, 5) is 19.0. The first-order valence-electron chi connectivity index (χ1n) is 9.97. The summed E-state index contributed by atoms with van der Waals surface area (Å²) in [5.74, 6) is 0.947. The van der Waals surface area contributed by atoms with Crippen LogP contribution in [0.5, 0.6) is 5.75 Å². The number of nitrogens with zero attached hydrogens (tertiary/aromatic N) is 2. The van der Waals surface area contributed by atoms with Crippen molar-refractivity contribution in [1.29, 1.82) is 0 Å². The zero-order valence-corrected chi connectivity index (χ0v) is 19.3. The molecule has 4 aromatic rings. The van der Waals surface area contributed by atoms with Crippen LogP contribution in [0.3, 0.4) is 0 Å². The molecule has 0 spiro atoms. The van der Waals surface area contributed by atoms with E-state index < -0.39 is 10.0 Å². The summed E-state index contributed by atoms with van der Waals surface area (Å²) in [6.45, 7) is 1.83. The molecule has 0 unspecified atom stereocenters. The first-order valence-corrected chi connectivity index (χ1v) is 12.5. The number of para-hydroxylation sites is 1. The van der Waals surface area contributed by atoms with Crippen molar-refractivity contribution < 1.29 is 17.6 Å². The summed E-state index contributed by atoms with van der Waals surface area (Å²) < 4.78 is 35.6. The number of pyridine rings is 1. The first kappa shape index (κ1) is 22.3. The predicted molar refractivity (Wildman–Crippen MR) is 124 cm³/mol. The Labute approximate surface area is 189 Å². The number of methoxy groups -OCH3 is 1. The number of aryl methyl sites for hydroxylation is 4. The summed E-state index contributed by atoms with van der Waals surface area (Å²) in [7, 11) is -2.06. The quantitative estimate of drug-likeness (QED) is 0.420. The van der Waals surface area contributed by atoms with Gasteiger partial charge in [-0.25, -0.2) is 18.5 Å². The molecule has 8 nitrogen and oxygen atoms in total. The van der Waals surface area contributed by atoms with Gasteiger partial charge in [0.1, 0.15) is 21.7 Å². The van der Waals surface area contributed by atoms with E-state index in [0.29, 0.717) is 30.0 Å². The van der Waals surface area contributed by atoms with E-state index in [-0.39, 0.29) is 17.7 Å². The Balaban J connectivity index is 1.82. The number of hydrogen-bond donors (Lipinski definition) is 1. The predicted octanol–water partition coefficient (Wildman–Crippen LogP) is 2.95. The van der Waals surface area contributed by atoms with Crippen LogP contribution in [0.4, 0.5) is 0 Å². The van der Waals surface area contributed by atoms with Crippen LogP contribution in [0.15, 0.2) is 52.0 Å². The van der Waals surface area contributed by atoms with Crippen LogP contribution in [0, 0.1) is 6.92 Å². The van der Waals surface area contributed by atoms with Crippen molar-refractivity contribution in [2.24, 2.45) is 5.14 Å². The van der Waals surface area contributed by atoms with Gasteiger partial charge in [-0.3, -0.25) is 9.20 Å². The van der Waals surface area contributed by atoms with Crippen molar-refractivity contribution in [3.8, 4) is 16.5 Å². The Morgan fingerprint density at radius 3 is 2.59 bits per heavy atom. The van der Waals surface area contributed by atoms with Crippen LogP contribution in [-0.2, 0) is 29.3 Å². The van der Waals surface area contributed by atoms with Gasteiger partial charge in [-0.15, -0.1) is 11.3 Å². The Kier molecular flexibility index (Phi) is 6.18. The number of benzene rings is 1. The van der Waals surface area contributed by atoms with Gasteiger partial charge in [0.25, 0.3) is 5.56 Å². The number of hydrogen-bond acceptors (Lipinski definition) is 7. The molecule has 0 aliphatic carbocycles. The molecule has 4 rings (SSSR count). The monoisotopic (exact) mass is 473 g/mol. The molecule has 0 saturated heterocycles. The van der Waals surface area contributed by atoms with Gasteiger partial charge in [0.2, 0.25) is 15.9 Å². The van der Waals surface area contributed by atoms with Crippen LogP contribution >= 0.6 is 11.3 Å². The summed E-state index contributed by atoms with van der Waals surface area (Å²) in [6, 6.07) is 9.59. The Morgan fingerprint density at radius 2 is 1.91 bits per heavy atom. The second-order valence-electron chi connectivity index (χ2n) is 7.42. The fourth-order valence-corrected chi connectivity index (χ4v) is 5.45. The minimum absolute atomic E-state index is 0.0475. The maximum absolute atomic E-state index is 13.2. The van der Waals surface area contributed by atoms with E-state index in [1.165, 1.54) is 17.6 Å². The molecule has 10 heteroatoms. The second-order valence-corrected chi connectivity index (χ2v) is 10.2. The molecular weight excluding hydrogens is 450 g/mol. The lowest BCUT2D eigenvalue weighted by molar-refractivity contribution is 0.409. The van der Waals surface area contributed by atoms with Crippen molar-refractivity contribution in [1.82, 2.24) is 9.38 Å². The lowest BCUT2D eigenvalue weighted by atomic mass is 10.0. The van der Waals surface area contributed by atoms with Crippen LogP contribution < -0.4 is 15.4 Å². The molecular formula is C22H23N3O5S2. The molecule has 1 aromatic carbocycles. The van der Waals surface area contributed by atoms with Gasteiger partial charge >= 0.3 is 0 Å². The van der Waals surface area contributed by atoms with Gasteiger partial charge < -0.3 is 9.15 Å². The fraction of sp³-hybridized carbons (Fsp3) is 0.273. The van der Waals surface area contributed by atoms with Crippen molar-refractivity contribution in [2.75, 3.05) is 12.9 Å². The lowest BCUT2D eigenvalue weighted by Crippen LogP contribution is -2.24. The Bertz CT molecular complexity index is 1420. The molecule has 168 valence electrons. The lowest BCUT2D eigenvalue weighted by Gasteiger charge is -2.11. The minimum atomic E-state index is -3.70. The fourth-order valence-electron chi connectivity index (χ4n) is 3.72. The number of rotatable bonds is 8.